The first-order valence-corrected chi connectivity index (χ1v) is 11.7. The maximum atomic E-state index is 12.3. The molecule has 1 heterocycles. The average Bonchev–Trinajstić information content (AvgIpc) is 3.15. The van der Waals surface area contributed by atoms with Gasteiger partial charge in [0.25, 0.3) is 0 Å². The van der Waals surface area contributed by atoms with Gasteiger partial charge in [0.2, 0.25) is 0 Å². The number of nitrogens with one attached hydrogen (secondary N) is 1. The smallest absolute Gasteiger partial charge is 0.193 e. The lowest BCUT2D eigenvalue weighted by Gasteiger charge is -2.40. The molecule has 0 unspecified atom stereocenters. The van der Waals surface area contributed by atoms with Gasteiger partial charge in [-0.3, -0.25) is 4.99 Å². The molecule has 6 nitrogen and oxygen atoms in total. The molecular formula is C21H34IN3O3S. The Morgan fingerprint density at radius 3 is 2.48 bits per heavy atom. The first-order valence-electron chi connectivity index (χ1n) is 10.1. The second-order valence-corrected chi connectivity index (χ2v) is 11.3. The minimum Gasteiger partial charge on any atom is -0.496 e. The van der Waals surface area contributed by atoms with E-state index in [9.17, 15) is 8.42 Å². The number of sulfone groups is 1. The maximum Gasteiger partial charge on any atom is 0.193 e. The molecule has 0 atom stereocenters. The molecule has 1 aromatic rings. The highest BCUT2D eigenvalue weighted by molar-refractivity contribution is 14.0. The number of ether oxygens (including phenoxy) is 1. The zero-order chi connectivity index (χ0) is 20.4. The van der Waals surface area contributed by atoms with Crippen LogP contribution in [0.2, 0.25) is 0 Å². The number of para-hydroxylation sites is 1. The fraction of sp³-hybridized carbons (Fsp3) is 0.667. The van der Waals surface area contributed by atoms with Crippen molar-refractivity contribution in [1.29, 1.82) is 0 Å². The summed E-state index contributed by atoms with van der Waals surface area (Å²) in [4.78, 5) is 6.53. The Bertz CT molecular complexity index is 833. The Hall–Kier alpha value is -1.03. The molecule has 2 fully saturated rings. The Morgan fingerprint density at radius 2 is 1.90 bits per heavy atom. The van der Waals surface area contributed by atoms with Crippen molar-refractivity contribution < 1.29 is 13.2 Å². The van der Waals surface area contributed by atoms with E-state index in [1.54, 1.807) is 28.0 Å². The molecule has 0 amide bonds. The van der Waals surface area contributed by atoms with Crippen LogP contribution >= 0.6 is 24.0 Å². The van der Waals surface area contributed by atoms with Gasteiger partial charge in [0.05, 0.1) is 17.6 Å². The summed E-state index contributed by atoms with van der Waals surface area (Å²) in [5, 5.41) is 3.56. The fourth-order valence-corrected chi connectivity index (χ4v) is 5.95. The third kappa shape index (κ3) is 4.84. The predicted molar refractivity (Wildman–Crippen MR) is 129 cm³/mol. The summed E-state index contributed by atoms with van der Waals surface area (Å²) in [5.74, 6) is 1.88. The molecule has 1 aliphatic heterocycles. The van der Waals surface area contributed by atoms with Crippen molar-refractivity contribution in [2.75, 3.05) is 39.5 Å². The lowest BCUT2D eigenvalue weighted by molar-refractivity contribution is 0.339. The summed E-state index contributed by atoms with van der Waals surface area (Å²) in [6.07, 6.45) is 4.62. The van der Waals surface area contributed by atoms with Crippen molar-refractivity contribution in [3.8, 4) is 5.75 Å². The van der Waals surface area contributed by atoms with Crippen LogP contribution in [0.15, 0.2) is 29.3 Å². The molecule has 8 heteroatoms. The van der Waals surface area contributed by atoms with Gasteiger partial charge in [0.1, 0.15) is 5.75 Å². The zero-order valence-electron chi connectivity index (χ0n) is 17.9. The summed E-state index contributed by atoms with van der Waals surface area (Å²) in [7, 11) is 0.422. The summed E-state index contributed by atoms with van der Waals surface area (Å²) in [5.41, 5.74) is 1.26. The molecule has 29 heavy (non-hydrogen) atoms. The average molecular weight is 535 g/mol. The SMILES string of the molecule is CN=C(NCC1(c2ccccc2OC)CCCC1)N1CCS(=O)(=O)C(C)(C)C1.I. The van der Waals surface area contributed by atoms with Gasteiger partial charge in [-0.25, -0.2) is 8.42 Å². The molecular weight excluding hydrogens is 501 g/mol. The largest absolute Gasteiger partial charge is 0.496 e. The van der Waals surface area contributed by atoms with Crippen LogP contribution in [0.25, 0.3) is 0 Å². The number of benzene rings is 1. The normalized spacial score (nSPS) is 22.6. The molecule has 1 saturated carbocycles. The van der Waals surface area contributed by atoms with E-state index in [1.165, 1.54) is 18.4 Å². The highest BCUT2D eigenvalue weighted by Crippen LogP contribution is 2.44. The van der Waals surface area contributed by atoms with Gasteiger partial charge in [-0.2, -0.15) is 0 Å². The van der Waals surface area contributed by atoms with Gasteiger partial charge in [-0.05, 0) is 32.8 Å². The third-order valence-electron chi connectivity index (χ3n) is 6.38. The van der Waals surface area contributed by atoms with Crippen molar-refractivity contribution in [2.45, 2.75) is 49.7 Å². The van der Waals surface area contributed by atoms with Gasteiger partial charge in [0.15, 0.2) is 15.8 Å². The monoisotopic (exact) mass is 535 g/mol. The fourth-order valence-electron chi connectivity index (χ4n) is 4.58. The summed E-state index contributed by atoms with van der Waals surface area (Å²) < 4.78 is 29.5. The van der Waals surface area contributed by atoms with Crippen LogP contribution in [-0.4, -0.2) is 63.6 Å². The van der Waals surface area contributed by atoms with E-state index in [0.717, 1.165) is 31.1 Å². The molecule has 0 aromatic heterocycles. The molecule has 0 bridgehead atoms. The number of nitrogens with zero attached hydrogens (tertiary/aromatic N) is 2. The lowest BCUT2D eigenvalue weighted by atomic mass is 9.78. The van der Waals surface area contributed by atoms with E-state index < -0.39 is 14.6 Å². The Balaban J connectivity index is 0.00000300. The number of aliphatic imine (C=N–C) groups is 1. The van der Waals surface area contributed by atoms with Gasteiger partial charge < -0.3 is 15.0 Å². The van der Waals surface area contributed by atoms with E-state index in [1.807, 2.05) is 12.1 Å². The van der Waals surface area contributed by atoms with Gasteiger partial charge in [0, 0.05) is 37.7 Å². The van der Waals surface area contributed by atoms with Crippen molar-refractivity contribution in [3.63, 3.8) is 0 Å². The predicted octanol–water partition coefficient (Wildman–Crippen LogP) is 3.21. The van der Waals surface area contributed by atoms with E-state index in [2.05, 4.69) is 27.3 Å². The topological polar surface area (TPSA) is 71.0 Å². The van der Waals surface area contributed by atoms with Gasteiger partial charge in [-0.15, -0.1) is 24.0 Å². The Labute approximate surface area is 192 Å². The minimum absolute atomic E-state index is 0. The Kier molecular flexibility index (Phi) is 7.86. The van der Waals surface area contributed by atoms with Gasteiger partial charge >= 0.3 is 0 Å². The third-order valence-corrected chi connectivity index (χ3v) is 8.91. The van der Waals surface area contributed by atoms with Crippen LogP contribution in [-0.2, 0) is 15.3 Å². The van der Waals surface area contributed by atoms with Gasteiger partial charge in [-0.1, -0.05) is 31.0 Å². The van der Waals surface area contributed by atoms with E-state index >= 15 is 0 Å². The van der Waals surface area contributed by atoms with Crippen molar-refractivity contribution in [2.24, 2.45) is 4.99 Å². The van der Waals surface area contributed by atoms with Crippen LogP contribution in [0.5, 0.6) is 5.75 Å². The standard InChI is InChI=1S/C21H33N3O3S.HI/c1-20(2)16-24(13-14-28(20,25)26)19(22-3)23-15-21(11-7-8-12-21)17-9-5-6-10-18(17)27-4;/h5-6,9-10H,7-8,11-16H2,1-4H3,(H,22,23);1H. The number of methoxy groups -OCH3 is 1. The van der Waals surface area contributed by atoms with Crippen LogP contribution in [0.1, 0.15) is 45.1 Å². The zero-order valence-corrected chi connectivity index (χ0v) is 21.0. The van der Waals surface area contributed by atoms with Crippen LogP contribution < -0.4 is 10.1 Å². The molecule has 1 saturated heterocycles. The molecule has 1 N–H and O–H groups in total. The lowest BCUT2D eigenvalue weighted by Crippen LogP contribution is -2.58. The molecule has 0 radical (unpaired) electrons. The number of halogens is 1. The van der Waals surface area contributed by atoms with E-state index in [4.69, 9.17) is 4.74 Å². The Morgan fingerprint density at radius 1 is 1.24 bits per heavy atom. The second-order valence-electron chi connectivity index (χ2n) is 8.59. The van der Waals surface area contributed by atoms with Crippen LogP contribution in [0.3, 0.4) is 0 Å². The maximum absolute atomic E-state index is 12.3. The molecule has 2 aliphatic rings. The first-order chi connectivity index (χ1) is 13.2. The quantitative estimate of drug-likeness (QED) is 0.365. The molecule has 1 aliphatic carbocycles. The van der Waals surface area contributed by atoms with E-state index in [0.29, 0.717) is 13.1 Å². The summed E-state index contributed by atoms with van der Waals surface area (Å²) in [6, 6.07) is 8.28. The number of rotatable bonds is 4. The summed E-state index contributed by atoms with van der Waals surface area (Å²) >= 11 is 0. The molecule has 164 valence electrons. The minimum atomic E-state index is -3.07. The molecule has 0 spiro atoms. The second kappa shape index (κ2) is 9.41. The number of hydrogen-bond acceptors (Lipinski definition) is 4. The highest BCUT2D eigenvalue weighted by Gasteiger charge is 2.42. The van der Waals surface area contributed by atoms with Crippen LogP contribution in [0, 0.1) is 0 Å². The highest BCUT2D eigenvalue weighted by atomic mass is 127. The van der Waals surface area contributed by atoms with Crippen LogP contribution in [0.4, 0.5) is 0 Å². The molecule has 1 aromatic carbocycles. The first kappa shape index (κ1) is 24.2. The number of guanidine groups is 1. The van der Waals surface area contributed by atoms with E-state index in [-0.39, 0.29) is 35.1 Å². The molecule has 3 rings (SSSR count). The summed E-state index contributed by atoms with van der Waals surface area (Å²) in [6.45, 7) is 5.30. The van der Waals surface area contributed by atoms with Crippen molar-refractivity contribution in [1.82, 2.24) is 10.2 Å². The van der Waals surface area contributed by atoms with Crippen molar-refractivity contribution in [3.05, 3.63) is 29.8 Å². The number of hydrogen-bond donors (Lipinski definition) is 1. The van der Waals surface area contributed by atoms with Crippen molar-refractivity contribution >= 4 is 39.8 Å².